The largest absolute Gasteiger partial charge is 0.390 e. The first-order valence-electron chi connectivity index (χ1n) is 27.8. The van der Waals surface area contributed by atoms with Gasteiger partial charge in [-0.25, -0.2) is 0 Å². The van der Waals surface area contributed by atoms with Crippen molar-refractivity contribution < 1.29 is 24.9 Å². The van der Waals surface area contributed by atoms with Crippen molar-refractivity contribution in [3.05, 3.63) is 24.3 Å². The van der Waals surface area contributed by atoms with Crippen molar-refractivity contribution in [2.45, 2.75) is 328 Å². The molecular weight excluding hydrogens is 765 g/mol. The maximum Gasteiger partial charge on any atom is 0.181 e. The molecule has 5 nitrogen and oxygen atoms in total. The highest BCUT2D eigenvalue weighted by molar-refractivity contribution is 5.96. The first kappa shape index (κ1) is 60.7. The van der Waals surface area contributed by atoms with Crippen molar-refractivity contribution in [1.29, 1.82) is 0 Å². The lowest BCUT2D eigenvalue weighted by molar-refractivity contribution is -0.179. The summed E-state index contributed by atoms with van der Waals surface area (Å²) in [5.74, 6) is -1.10. The molecule has 0 fully saturated rings. The Labute approximate surface area is 387 Å². The number of carbonyl (C=O) groups excluding carboxylic acids is 2. The zero-order valence-electron chi connectivity index (χ0n) is 41.9. The minimum Gasteiger partial charge on any atom is -0.390 e. The fourth-order valence-electron chi connectivity index (χ4n) is 8.94. The molecule has 3 atom stereocenters. The molecule has 5 heteroatoms. The Morgan fingerprint density at radius 1 is 0.371 bits per heavy atom. The molecule has 0 aromatic rings. The Bertz CT molecular complexity index is 1010. The van der Waals surface area contributed by atoms with Crippen LogP contribution in [0.1, 0.15) is 310 Å². The molecule has 0 bridgehead atoms. The third-order valence-corrected chi connectivity index (χ3v) is 13.4. The van der Waals surface area contributed by atoms with Crippen LogP contribution in [0.3, 0.4) is 0 Å². The van der Waals surface area contributed by atoms with Gasteiger partial charge < -0.3 is 15.3 Å². The van der Waals surface area contributed by atoms with Crippen molar-refractivity contribution in [3.8, 4) is 0 Å². The summed E-state index contributed by atoms with van der Waals surface area (Å²) in [6.45, 7) is 6.79. The van der Waals surface area contributed by atoms with Crippen molar-refractivity contribution in [1.82, 2.24) is 0 Å². The van der Waals surface area contributed by atoms with Crippen LogP contribution >= 0.6 is 0 Å². The zero-order valence-corrected chi connectivity index (χ0v) is 41.9. The van der Waals surface area contributed by atoms with E-state index < -0.39 is 29.4 Å². The van der Waals surface area contributed by atoms with E-state index in [9.17, 15) is 24.9 Å². The summed E-state index contributed by atoms with van der Waals surface area (Å²) in [7, 11) is 0. The molecule has 0 heterocycles. The van der Waals surface area contributed by atoms with Gasteiger partial charge >= 0.3 is 0 Å². The Hall–Kier alpha value is -1.30. The third-order valence-electron chi connectivity index (χ3n) is 13.4. The highest BCUT2D eigenvalue weighted by Gasteiger charge is 2.50. The first-order valence-corrected chi connectivity index (χ1v) is 27.8. The Morgan fingerprint density at radius 3 is 0.952 bits per heavy atom. The van der Waals surface area contributed by atoms with Gasteiger partial charge in [0.2, 0.25) is 0 Å². The predicted octanol–water partition coefficient (Wildman–Crippen LogP) is 17.3. The first-order chi connectivity index (χ1) is 30.4. The smallest absolute Gasteiger partial charge is 0.181 e. The second-order valence-corrected chi connectivity index (χ2v) is 19.4. The minimum absolute atomic E-state index is 0.0718. The number of aliphatic hydroxyl groups is 3. The minimum atomic E-state index is -2.44. The lowest BCUT2D eigenvalue weighted by Gasteiger charge is -2.35. The number of carbonyl (C=O) groups is 2. The number of rotatable bonds is 51. The molecule has 0 amide bonds. The zero-order chi connectivity index (χ0) is 45.5. The van der Waals surface area contributed by atoms with Gasteiger partial charge in [0.25, 0.3) is 0 Å². The SMILES string of the molecule is CCCCCCCC/C=C\CCCCCCCC(=O)C(O)C(O)(C(=O)CCCCCCC/C=C\CCCCCCCC)C(O)CCCCCCCCCCCCCCCCCC. The van der Waals surface area contributed by atoms with Gasteiger partial charge in [0.1, 0.15) is 0 Å². The second-order valence-electron chi connectivity index (χ2n) is 19.4. The van der Waals surface area contributed by atoms with Crippen LogP contribution < -0.4 is 0 Å². The molecule has 0 rings (SSSR count). The number of hydrogen-bond donors (Lipinski definition) is 3. The molecule has 3 N–H and O–H groups in total. The van der Waals surface area contributed by atoms with Crippen molar-refractivity contribution in [3.63, 3.8) is 0 Å². The predicted molar refractivity (Wildman–Crippen MR) is 270 cm³/mol. The summed E-state index contributed by atoms with van der Waals surface area (Å²) in [6.07, 6.45) is 56.2. The highest BCUT2D eigenvalue weighted by Crippen LogP contribution is 2.27. The molecule has 3 unspecified atom stereocenters. The summed E-state index contributed by atoms with van der Waals surface area (Å²) >= 11 is 0. The molecule has 0 aromatic heterocycles. The summed E-state index contributed by atoms with van der Waals surface area (Å²) < 4.78 is 0. The van der Waals surface area contributed by atoms with E-state index in [1.165, 1.54) is 167 Å². The van der Waals surface area contributed by atoms with Crippen LogP contribution in [-0.2, 0) is 9.59 Å². The molecule has 0 radical (unpaired) electrons. The van der Waals surface area contributed by atoms with Gasteiger partial charge in [0.05, 0.1) is 6.10 Å². The molecule has 366 valence electrons. The Morgan fingerprint density at radius 2 is 0.629 bits per heavy atom. The number of hydrogen-bond acceptors (Lipinski definition) is 5. The quantitative estimate of drug-likeness (QED) is 0.0418. The van der Waals surface area contributed by atoms with E-state index in [2.05, 4.69) is 45.1 Å². The monoisotopic (exact) mass is 873 g/mol. The van der Waals surface area contributed by atoms with Crippen molar-refractivity contribution >= 4 is 11.6 Å². The average Bonchev–Trinajstić information content (AvgIpc) is 3.27. The van der Waals surface area contributed by atoms with Gasteiger partial charge in [0, 0.05) is 12.8 Å². The van der Waals surface area contributed by atoms with E-state index in [-0.39, 0.29) is 19.3 Å². The average molecular weight is 873 g/mol. The molecule has 62 heavy (non-hydrogen) atoms. The van der Waals surface area contributed by atoms with Gasteiger partial charge in [-0.05, 0) is 70.6 Å². The maximum atomic E-state index is 13.6. The second kappa shape index (κ2) is 47.7. The lowest BCUT2D eigenvalue weighted by atomic mass is 9.79. The third kappa shape index (κ3) is 37.0. The van der Waals surface area contributed by atoms with Crippen molar-refractivity contribution in [2.75, 3.05) is 0 Å². The van der Waals surface area contributed by atoms with E-state index in [1.54, 1.807) is 0 Å². The lowest BCUT2D eigenvalue weighted by Crippen LogP contribution is -2.60. The highest BCUT2D eigenvalue weighted by atomic mass is 16.4. The number of Topliss-reactive ketones (excluding diaryl/α,β-unsaturated/α-hetero) is 2. The van der Waals surface area contributed by atoms with E-state index in [0.717, 1.165) is 83.5 Å². The van der Waals surface area contributed by atoms with Gasteiger partial charge in [-0.3, -0.25) is 9.59 Å². The molecule has 0 saturated heterocycles. The van der Waals surface area contributed by atoms with Crippen LogP contribution in [0.15, 0.2) is 24.3 Å². The summed E-state index contributed by atoms with van der Waals surface area (Å²) in [4.78, 5) is 26.9. The van der Waals surface area contributed by atoms with Crippen LogP contribution in [0.4, 0.5) is 0 Å². The number of aliphatic hydroxyl groups excluding tert-OH is 2. The van der Waals surface area contributed by atoms with Gasteiger partial charge in [0.15, 0.2) is 23.3 Å². The molecule has 0 aliphatic rings. The topological polar surface area (TPSA) is 94.8 Å². The molecule has 0 spiro atoms. The van der Waals surface area contributed by atoms with Crippen LogP contribution in [0.5, 0.6) is 0 Å². The molecule has 0 aromatic carbocycles. The summed E-state index contributed by atoms with van der Waals surface area (Å²) in [5.41, 5.74) is -2.44. The molecule has 0 aliphatic heterocycles. The van der Waals surface area contributed by atoms with Crippen LogP contribution in [0, 0.1) is 0 Å². The van der Waals surface area contributed by atoms with Crippen LogP contribution in [0.25, 0.3) is 0 Å². The Kier molecular flexibility index (Phi) is 46.7. The number of ketones is 2. The van der Waals surface area contributed by atoms with E-state index in [1.807, 2.05) is 0 Å². The van der Waals surface area contributed by atoms with Crippen LogP contribution in [-0.4, -0.2) is 44.7 Å². The molecule has 0 aliphatic carbocycles. The summed E-state index contributed by atoms with van der Waals surface area (Å²) in [6, 6.07) is 0. The number of unbranched alkanes of at least 4 members (excludes halogenated alkanes) is 37. The van der Waals surface area contributed by atoms with Gasteiger partial charge in [-0.15, -0.1) is 0 Å². The fraction of sp³-hybridized carbons (Fsp3) is 0.895. The van der Waals surface area contributed by atoms with Gasteiger partial charge in [-0.2, -0.15) is 0 Å². The van der Waals surface area contributed by atoms with E-state index >= 15 is 0 Å². The molecular formula is C57H108O5. The fourth-order valence-corrected chi connectivity index (χ4v) is 8.94. The summed E-state index contributed by atoms with van der Waals surface area (Å²) in [5, 5.41) is 34.3. The Balaban J connectivity index is 4.66. The molecule has 0 saturated carbocycles. The maximum absolute atomic E-state index is 13.6. The normalized spacial score (nSPS) is 14.0. The standard InChI is InChI=1S/C57H108O5/c1-4-7-10-13-16-19-22-25-28-31-34-37-40-43-46-49-52-55(60)57(62,54(59)51-48-45-42-39-36-33-30-27-24-21-18-15-12-9-6-3)56(61)53(58)50-47-44-41-38-35-32-29-26-23-20-17-14-11-8-5-2/h26-27,29-30,55-56,60-62H,4-25,28,31-52H2,1-3H3/b29-26-,30-27-. The number of allylic oxidation sites excluding steroid dienone is 4. The van der Waals surface area contributed by atoms with Crippen molar-refractivity contribution in [2.24, 2.45) is 0 Å². The van der Waals surface area contributed by atoms with E-state index in [4.69, 9.17) is 0 Å². The van der Waals surface area contributed by atoms with E-state index in [0.29, 0.717) is 19.3 Å². The van der Waals surface area contributed by atoms with Crippen LogP contribution in [0.2, 0.25) is 0 Å². The van der Waals surface area contributed by atoms with Gasteiger partial charge in [-0.1, -0.05) is 251 Å².